The molecular formula is C19H19Cl2N3O3. The molecule has 0 aliphatic heterocycles. The number of amides is 3. The van der Waals surface area contributed by atoms with Gasteiger partial charge in [0.25, 0.3) is 5.91 Å². The quantitative estimate of drug-likeness (QED) is 0.771. The van der Waals surface area contributed by atoms with Crippen LogP contribution in [0, 0.1) is 6.92 Å². The van der Waals surface area contributed by atoms with Crippen molar-refractivity contribution in [2.24, 2.45) is 0 Å². The van der Waals surface area contributed by atoms with Gasteiger partial charge in [0, 0.05) is 12.6 Å². The number of hydrogen-bond donors (Lipinski definition) is 2. The number of hydrogen-bond acceptors (Lipinski definition) is 3. The monoisotopic (exact) mass is 407 g/mol. The summed E-state index contributed by atoms with van der Waals surface area (Å²) in [5.41, 5.74) is 1.71. The first-order chi connectivity index (χ1) is 12.8. The van der Waals surface area contributed by atoms with Crippen molar-refractivity contribution in [3.05, 3.63) is 63.6 Å². The molecule has 0 bridgehead atoms. The summed E-state index contributed by atoms with van der Waals surface area (Å²) in [6, 6.07) is 11.9. The number of para-hydroxylation sites is 1. The molecule has 0 spiro atoms. The number of benzene rings is 2. The van der Waals surface area contributed by atoms with Crippen molar-refractivity contribution in [1.82, 2.24) is 10.2 Å². The number of likely N-dealkylation sites (N-methyl/N-ethyl adjacent to an activating group) is 1. The van der Waals surface area contributed by atoms with Crippen LogP contribution in [0.1, 0.15) is 15.9 Å². The fourth-order valence-electron chi connectivity index (χ4n) is 2.28. The number of aryl methyl sites for hydroxylation is 1. The smallest absolute Gasteiger partial charge is 0.251 e. The third kappa shape index (κ3) is 5.98. The summed E-state index contributed by atoms with van der Waals surface area (Å²) in [6.07, 6.45) is 0. The molecule has 0 saturated carbocycles. The molecule has 0 atom stereocenters. The third-order valence-corrected chi connectivity index (χ3v) is 4.34. The predicted octanol–water partition coefficient (Wildman–Crippen LogP) is 3.13. The van der Waals surface area contributed by atoms with Crippen LogP contribution in [-0.2, 0) is 9.59 Å². The van der Waals surface area contributed by atoms with Gasteiger partial charge in [-0.05, 0) is 31.2 Å². The molecule has 2 aromatic rings. The Morgan fingerprint density at radius 3 is 2.30 bits per heavy atom. The number of nitrogens with zero attached hydrogens (tertiary/aromatic N) is 1. The minimum Gasteiger partial charge on any atom is -0.343 e. The number of carbonyl (C=O) groups excluding carboxylic acids is 3. The zero-order chi connectivity index (χ0) is 20.0. The SMILES string of the molecule is Cc1cccc(C(=O)NCC(=O)N(C)CC(=O)Nc2c(Cl)cccc2Cl)c1. The van der Waals surface area contributed by atoms with E-state index in [9.17, 15) is 14.4 Å². The summed E-state index contributed by atoms with van der Waals surface area (Å²) in [5, 5.41) is 5.72. The molecule has 2 N–H and O–H groups in total. The Kier molecular flexibility index (Phi) is 7.21. The lowest BCUT2D eigenvalue weighted by molar-refractivity contribution is -0.132. The van der Waals surface area contributed by atoms with Crippen molar-refractivity contribution in [2.45, 2.75) is 6.92 Å². The summed E-state index contributed by atoms with van der Waals surface area (Å²) < 4.78 is 0. The second kappa shape index (κ2) is 9.39. The van der Waals surface area contributed by atoms with E-state index < -0.39 is 11.8 Å². The molecule has 3 amide bonds. The zero-order valence-electron chi connectivity index (χ0n) is 14.9. The molecule has 6 nitrogen and oxygen atoms in total. The van der Waals surface area contributed by atoms with E-state index in [0.717, 1.165) is 5.56 Å². The van der Waals surface area contributed by atoms with Gasteiger partial charge in [-0.25, -0.2) is 0 Å². The van der Waals surface area contributed by atoms with Gasteiger partial charge in [-0.2, -0.15) is 0 Å². The highest BCUT2D eigenvalue weighted by Crippen LogP contribution is 2.29. The van der Waals surface area contributed by atoms with E-state index in [1.165, 1.54) is 11.9 Å². The first-order valence-corrected chi connectivity index (χ1v) is 8.86. The highest BCUT2D eigenvalue weighted by molar-refractivity contribution is 6.39. The lowest BCUT2D eigenvalue weighted by atomic mass is 10.1. The van der Waals surface area contributed by atoms with E-state index in [2.05, 4.69) is 10.6 Å². The molecule has 8 heteroatoms. The lowest BCUT2D eigenvalue weighted by Crippen LogP contribution is -2.41. The molecule has 0 heterocycles. The second-order valence-corrected chi connectivity index (χ2v) is 6.76. The van der Waals surface area contributed by atoms with Gasteiger partial charge in [-0.15, -0.1) is 0 Å². The minimum atomic E-state index is -0.453. The second-order valence-electron chi connectivity index (χ2n) is 5.95. The Labute approximate surface area is 167 Å². The number of halogens is 2. The van der Waals surface area contributed by atoms with Gasteiger partial charge in [0.05, 0.1) is 28.8 Å². The van der Waals surface area contributed by atoms with Crippen LogP contribution in [0.15, 0.2) is 42.5 Å². The molecule has 27 heavy (non-hydrogen) atoms. The van der Waals surface area contributed by atoms with E-state index in [1.54, 1.807) is 36.4 Å². The van der Waals surface area contributed by atoms with Crippen molar-refractivity contribution >= 4 is 46.6 Å². The van der Waals surface area contributed by atoms with E-state index in [4.69, 9.17) is 23.2 Å². The number of rotatable bonds is 6. The van der Waals surface area contributed by atoms with E-state index in [-0.39, 0.29) is 19.0 Å². The Bertz CT molecular complexity index is 851. The van der Waals surface area contributed by atoms with Crippen LogP contribution in [0.5, 0.6) is 0 Å². The van der Waals surface area contributed by atoms with Gasteiger partial charge in [-0.1, -0.05) is 47.0 Å². The highest BCUT2D eigenvalue weighted by atomic mass is 35.5. The summed E-state index contributed by atoms with van der Waals surface area (Å²) in [5.74, 6) is -1.21. The van der Waals surface area contributed by atoms with Gasteiger partial charge in [0.1, 0.15) is 0 Å². The van der Waals surface area contributed by atoms with E-state index >= 15 is 0 Å². The van der Waals surface area contributed by atoms with Crippen molar-refractivity contribution in [1.29, 1.82) is 0 Å². The standard InChI is InChI=1S/C19H19Cl2N3O3/c1-12-5-3-6-13(9-12)19(27)22-10-17(26)24(2)11-16(25)23-18-14(20)7-4-8-15(18)21/h3-9H,10-11H2,1-2H3,(H,22,27)(H,23,25). The molecule has 0 aliphatic rings. The molecule has 0 aromatic heterocycles. The van der Waals surface area contributed by atoms with Crippen LogP contribution in [0.25, 0.3) is 0 Å². The van der Waals surface area contributed by atoms with E-state index in [0.29, 0.717) is 21.3 Å². The van der Waals surface area contributed by atoms with Crippen molar-refractivity contribution in [3.8, 4) is 0 Å². The van der Waals surface area contributed by atoms with Crippen LogP contribution in [0.4, 0.5) is 5.69 Å². The summed E-state index contributed by atoms with van der Waals surface area (Å²) >= 11 is 12.0. The summed E-state index contributed by atoms with van der Waals surface area (Å²) in [4.78, 5) is 37.5. The fraction of sp³-hybridized carbons (Fsp3) is 0.211. The van der Waals surface area contributed by atoms with Gasteiger partial charge in [0.15, 0.2) is 0 Å². The molecule has 142 valence electrons. The molecule has 2 aromatic carbocycles. The summed E-state index contributed by atoms with van der Waals surface area (Å²) in [6.45, 7) is 1.45. The normalized spacial score (nSPS) is 10.2. The van der Waals surface area contributed by atoms with Gasteiger partial charge >= 0.3 is 0 Å². The molecule has 2 rings (SSSR count). The average molecular weight is 408 g/mol. The zero-order valence-corrected chi connectivity index (χ0v) is 16.4. The van der Waals surface area contributed by atoms with Crippen LogP contribution in [-0.4, -0.2) is 42.8 Å². The van der Waals surface area contributed by atoms with Gasteiger partial charge in [-0.3, -0.25) is 14.4 Å². The highest BCUT2D eigenvalue weighted by Gasteiger charge is 2.16. The number of anilines is 1. The Morgan fingerprint density at radius 2 is 1.67 bits per heavy atom. The first kappa shape index (κ1) is 20.7. The van der Waals surface area contributed by atoms with Gasteiger partial charge < -0.3 is 15.5 Å². The fourth-order valence-corrected chi connectivity index (χ4v) is 2.77. The maximum Gasteiger partial charge on any atom is 0.251 e. The Morgan fingerprint density at radius 1 is 1.04 bits per heavy atom. The van der Waals surface area contributed by atoms with Crippen molar-refractivity contribution in [3.63, 3.8) is 0 Å². The Balaban J connectivity index is 1.86. The Hall–Kier alpha value is -2.57. The van der Waals surface area contributed by atoms with Gasteiger partial charge in [0.2, 0.25) is 11.8 Å². The maximum absolute atomic E-state index is 12.1. The topological polar surface area (TPSA) is 78.5 Å². The van der Waals surface area contributed by atoms with Crippen LogP contribution in [0.3, 0.4) is 0 Å². The van der Waals surface area contributed by atoms with E-state index in [1.807, 2.05) is 13.0 Å². The van der Waals surface area contributed by atoms with Crippen LogP contribution >= 0.6 is 23.2 Å². The third-order valence-electron chi connectivity index (χ3n) is 3.71. The van der Waals surface area contributed by atoms with Crippen LogP contribution in [0.2, 0.25) is 10.0 Å². The molecular weight excluding hydrogens is 389 g/mol. The van der Waals surface area contributed by atoms with Crippen LogP contribution < -0.4 is 10.6 Å². The molecule has 0 unspecified atom stereocenters. The largest absolute Gasteiger partial charge is 0.343 e. The molecule has 0 aliphatic carbocycles. The molecule has 0 fully saturated rings. The summed E-state index contributed by atoms with van der Waals surface area (Å²) in [7, 11) is 1.47. The van der Waals surface area contributed by atoms with Crippen molar-refractivity contribution in [2.75, 3.05) is 25.5 Å². The average Bonchev–Trinajstić information content (AvgIpc) is 2.62. The predicted molar refractivity (Wildman–Crippen MR) is 106 cm³/mol. The maximum atomic E-state index is 12.1. The molecule has 0 saturated heterocycles. The minimum absolute atomic E-state index is 0.208. The number of nitrogens with one attached hydrogen (secondary N) is 2. The molecule has 0 radical (unpaired) electrons. The lowest BCUT2D eigenvalue weighted by Gasteiger charge is -2.18. The van der Waals surface area contributed by atoms with Crippen molar-refractivity contribution < 1.29 is 14.4 Å². The first-order valence-electron chi connectivity index (χ1n) is 8.10. The number of carbonyl (C=O) groups is 3.